The average Bonchev–Trinajstić information content (AvgIpc) is 2.44. The first kappa shape index (κ1) is 15.2. The summed E-state index contributed by atoms with van der Waals surface area (Å²) in [5, 5.41) is 2.70. The van der Waals surface area contributed by atoms with Crippen molar-refractivity contribution in [3.8, 4) is 0 Å². The molecule has 0 bridgehead atoms. The lowest BCUT2D eigenvalue weighted by Gasteiger charge is -2.11. The van der Waals surface area contributed by atoms with Crippen molar-refractivity contribution < 1.29 is 14.3 Å². The molecule has 0 spiro atoms. The molecule has 0 aliphatic rings. The van der Waals surface area contributed by atoms with Gasteiger partial charge in [0.1, 0.15) is 0 Å². The zero-order chi connectivity index (χ0) is 14.3. The van der Waals surface area contributed by atoms with Crippen LogP contribution in [0.5, 0.6) is 0 Å². The zero-order valence-electron chi connectivity index (χ0n) is 11.3. The van der Waals surface area contributed by atoms with Gasteiger partial charge in [0, 0.05) is 18.7 Å². The number of carbonyl (C=O) groups excluding carboxylic acids is 2. The van der Waals surface area contributed by atoms with Gasteiger partial charge in [-0.1, -0.05) is 19.1 Å². The number of hydrogen-bond donors (Lipinski definition) is 2. The van der Waals surface area contributed by atoms with Crippen LogP contribution in [-0.2, 0) is 16.1 Å². The molecule has 0 aliphatic carbocycles. The third-order valence-corrected chi connectivity index (χ3v) is 2.71. The Morgan fingerprint density at radius 3 is 2.47 bits per heavy atom. The number of hydrogen-bond acceptors (Lipinski definition) is 4. The van der Waals surface area contributed by atoms with Crippen LogP contribution in [0, 0.1) is 5.92 Å². The molecule has 0 aliphatic heterocycles. The lowest BCUT2D eigenvalue weighted by molar-refractivity contribution is -0.147. The molecule has 5 heteroatoms. The third kappa shape index (κ3) is 4.71. The van der Waals surface area contributed by atoms with Gasteiger partial charge in [0.15, 0.2) is 0 Å². The number of benzene rings is 1. The lowest BCUT2D eigenvalue weighted by atomic mass is 10.1. The normalized spacial score (nSPS) is 11.7. The molecular weight excluding hydrogens is 244 g/mol. The highest BCUT2D eigenvalue weighted by Gasteiger charge is 2.15. The van der Waals surface area contributed by atoms with Crippen LogP contribution in [0.2, 0.25) is 0 Å². The van der Waals surface area contributed by atoms with Crippen molar-refractivity contribution in [2.24, 2.45) is 11.7 Å². The topological polar surface area (TPSA) is 81.4 Å². The van der Waals surface area contributed by atoms with Gasteiger partial charge in [0.2, 0.25) is 0 Å². The second kappa shape index (κ2) is 7.53. The Bertz CT molecular complexity index is 429. The van der Waals surface area contributed by atoms with Gasteiger partial charge in [-0.05, 0) is 24.6 Å². The molecule has 0 radical (unpaired) electrons. The summed E-state index contributed by atoms with van der Waals surface area (Å²) in [6.45, 7) is 4.52. The Morgan fingerprint density at radius 1 is 1.32 bits per heavy atom. The van der Waals surface area contributed by atoms with Gasteiger partial charge in [0.05, 0.1) is 12.5 Å². The molecule has 19 heavy (non-hydrogen) atoms. The quantitative estimate of drug-likeness (QED) is 0.753. The number of carbonyl (C=O) groups is 2. The van der Waals surface area contributed by atoms with E-state index in [1.54, 1.807) is 26.0 Å². The molecule has 1 unspecified atom stereocenters. The average molecular weight is 264 g/mol. The molecule has 0 aromatic heterocycles. The molecule has 3 N–H and O–H groups in total. The third-order valence-electron chi connectivity index (χ3n) is 2.71. The second-order valence-electron chi connectivity index (χ2n) is 4.26. The Kier molecular flexibility index (Phi) is 6.02. The first-order valence-electron chi connectivity index (χ1n) is 6.32. The molecule has 5 nitrogen and oxygen atoms in total. The number of rotatable bonds is 6. The number of ether oxygens (including phenoxy) is 1. The van der Waals surface area contributed by atoms with Gasteiger partial charge < -0.3 is 15.8 Å². The van der Waals surface area contributed by atoms with Crippen LogP contribution >= 0.6 is 0 Å². The van der Waals surface area contributed by atoms with E-state index in [1.807, 2.05) is 12.1 Å². The summed E-state index contributed by atoms with van der Waals surface area (Å²) in [7, 11) is 0. The summed E-state index contributed by atoms with van der Waals surface area (Å²) in [6.07, 6.45) is 0. The van der Waals surface area contributed by atoms with Crippen LogP contribution in [0.4, 0.5) is 0 Å². The second-order valence-corrected chi connectivity index (χ2v) is 4.26. The van der Waals surface area contributed by atoms with Crippen LogP contribution in [0.1, 0.15) is 29.8 Å². The fourth-order valence-corrected chi connectivity index (χ4v) is 1.51. The maximum atomic E-state index is 11.8. The molecule has 1 aromatic rings. The van der Waals surface area contributed by atoms with Crippen LogP contribution in [0.15, 0.2) is 24.3 Å². The molecule has 0 saturated carbocycles. The van der Waals surface area contributed by atoms with E-state index in [0.29, 0.717) is 18.7 Å². The first-order chi connectivity index (χ1) is 9.08. The number of nitrogens with two attached hydrogens (primary N) is 1. The fraction of sp³-hybridized carbons (Fsp3) is 0.429. The molecule has 1 rings (SSSR count). The molecule has 1 aromatic carbocycles. The standard InChI is InChI=1S/C14H20N2O3/c1-3-19-14(18)10(2)9-16-13(17)12-6-4-11(8-15)5-7-12/h4-7,10H,3,8-9,15H2,1-2H3,(H,16,17). The Labute approximate surface area is 113 Å². The first-order valence-corrected chi connectivity index (χ1v) is 6.32. The fourth-order valence-electron chi connectivity index (χ4n) is 1.51. The predicted octanol–water partition coefficient (Wildman–Crippen LogP) is 1.07. The minimum absolute atomic E-state index is 0.209. The van der Waals surface area contributed by atoms with Crippen molar-refractivity contribution in [2.75, 3.05) is 13.2 Å². The van der Waals surface area contributed by atoms with E-state index in [9.17, 15) is 9.59 Å². The van der Waals surface area contributed by atoms with Crippen LogP contribution in [0.25, 0.3) is 0 Å². The van der Waals surface area contributed by atoms with Gasteiger partial charge in [0.25, 0.3) is 5.91 Å². The molecule has 1 amide bonds. The van der Waals surface area contributed by atoms with Crippen LogP contribution in [-0.4, -0.2) is 25.0 Å². The lowest BCUT2D eigenvalue weighted by Crippen LogP contribution is -2.32. The number of amides is 1. The number of nitrogens with one attached hydrogen (secondary N) is 1. The van der Waals surface area contributed by atoms with Crippen molar-refractivity contribution in [3.63, 3.8) is 0 Å². The van der Waals surface area contributed by atoms with Crippen molar-refractivity contribution in [2.45, 2.75) is 20.4 Å². The summed E-state index contributed by atoms with van der Waals surface area (Å²) in [4.78, 5) is 23.2. The maximum Gasteiger partial charge on any atom is 0.310 e. The summed E-state index contributed by atoms with van der Waals surface area (Å²) in [6, 6.07) is 7.05. The van der Waals surface area contributed by atoms with E-state index in [1.165, 1.54) is 0 Å². The van der Waals surface area contributed by atoms with E-state index in [2.05, 4.69) is 5.32 Å². The Hall–Kier alpha value is -1.88. The van der Waals surface area contributed by atoms with Crippen molar-refractivity contribution in [3.05, 3.63) is 35.4 Å². The summed E-state index contributed by atoms with van der Waals surface area (Å²) in [5.74, 6) is -0.867. The summed E-state index contributed by atoms with van der Waals surface area (Å²) < 4.78 is 4.87. The van der Waals surface area contributed by atoms with Gasteiger partial charge >= 0.3 is 5.97 Å². The highest BCUT2D eigenvalue weighted by molar-refractivity contribution is 5.94. The van der Waals surface area contributed by atoms with E-state index in [4.69, 9.17) is 10.5 Å². The van der Waals surface area contributed by atoms with Gasteiger partial charge in [-0.25, -0.2) is 0 Å². The number of esters is 1. The minimum atomic E-state index is -0.354. The van der Waals surface area contributed by atoms with Gasteiger partial charge in [-0.3, -0.25) is 9.59 Å². The maximum absolute atomic E-state index is 11.8. The van der Waals surface area contributed by atoms with Crippen LogP contribution in [0.3, 0.4) is 0 Å². The molecule has 1 atom stereocenters. The smallest absolute Gasteiger partial charge is 0.310 e. The van der Waals surface area contributed by atoms with E-state index < -0.39 is 0 Å². The largest absolute Gasteiger partial charge is 0.466 e. The SMILES string of the molecule is CCOC(=O)C(C)CNC(=O)c1ccc(CN)cc1. The molecule has 0 fully saturated rings. The summed E-state index contributed by atoms with van der Waals surface area (Å²) in [5.41, 5.74) is 7.00. The van der Waals surface area contributed by atoms with E-state index in [-0.39, 0.29) is 24.3 Å². The molecule has 0 heterocycles. The molecular formula is C14H20N2O3. The van der Waals surface area contributed by atoms with E-state index in [0.717, 1.165) is 5.56 Å². The highest BCUT2D eigenvalue weighted by atomic mass is 16.5. The minimum Gasteiger partial charge on any atom is -0.466 e. The zero-order valence-corrected chi connectivity index (χ0v) is 11.3. The molecule has 104 valence electrons. The van der Waals surface area contributed by atoms with Gasteiger partial charge in [-0.2, -0.15) is 0 Å². The van der Waals surface area contributed by atoms with Crippen LogP contribution < -0.4 is 11.1 Å². The van der Waals surface area contributed by atoms with Crippen molar-refractivity contribution in [1.82, 2.24) is 5.32 Å². The Balaban J connectivity index is 2.48. The summed E-state index contributed by atoms with van der Waals surface area (Å²) >= 11 is 0. The predicted molar refractivity (Wildman–Crippen MR) is 72.5 cm³/mol. The van der Waals surface area contributed by atoms with Crippen molar-refractivity contribution >= 4 is 11.9 Å². The van der Waals surface area contributed by atoms with E-state index >= 15 is 0 Å². The van der Waals surface area contributed by atoms with Crippen molar-refractivity contribution in [1.29, 1.82) is 0 Å². The Morgan fingerprint density at radius 2 is 1.95 bits per heavy atom. The molecule has 0 saturated heterocycles. The van der Waals surface area contributed by atoms with Gasteiger partial charge in [-0.15, -0.1) is 0 Å². The monoisotopic (exact) mass is 264 g/mol. The highest BCUT2D eigenvalue weighted by Crippen LogP contribution is 2.04.